The SMILES string of the molecule is CCNc1cc(N2C(C)CCC2CC)nc(C(F)(F)F)n1. The first-order chi connectivity index (χ1) is 9.86. The zero-order valence-corrected chi connectivity index (χ0v) is 12.5. The standard InChI is InChI=1S/C14H21F3N4/c1-4-10-7-6-9(3)21(10)12-8-11(18-5-2)19-13(20-12)14(15,16)17/h8-10H,4-7H2,1-3H3,(H,18,19,20). The average Bonchev–Trinajstić information content (AvgIpc) is 2.79. The van der Waals surface area contributed by atoms with Gasteiger partial charge in [-0.25, -0.2) is 9.97 Å². The molecule has 2 rings (SSSR count). The van der Waals surface area contributed by atoms with Gasteiger partial charge in [-0.2, -0.15) is 13.2 Å². The Hall–Kier alpha value is -1.53. The topological polar surface area (TPSA) is 41.0 Å². The van der Waals surface area contributed by atoms with Crippen molar-refractivity contribution in [2.45, 2.75) is 58.3 Å². The molecule has 0 radical (unpaired) electrons. The molecule has 0 aliphatic carbocycles. The maximum Gasteiger partial charge on any atom is 0.451 e. The zero-order chi connectivity index (χ0) is 15.6. The second-order valence-electron chi connectivity index (χ2n) is 5.36. The highest BCUT2D eigenvalue weighted by molar-refractivity contribution is 5.51. The Morgan fingerprint density at radius 1 is 1.29 bits per heavy atom. The number of aromatic nitrogens is 2. The molecule has 1 aliphatic heterocycles. The van der Waals surface area contributed by atoms with Gasteiger partial charge in [-0.3, -0.25) is 0 Å². The van der Waals surface area contributed by atoms with Gasteiger partial charge in [0.15, 0.2) is 0 Å². The van der Waals surface area contributed by atoms with Crippen molar-refractivity contribution in [3.63, 3.8) is 0 Å². The van der Waals surface area contributed by atoms with Crippen LogP contribution in [0.15, 0.2) is 6.07 Å². The maximum absolute atomic E-state index is 13.0. The van der Waals surface area contributed by atoms with E-state index in [4.69, 9.17) is 0 Å². The Labute approximate surface area is 122 Å². The number of alkyl halides is 3. The van der Waals surface area contributed by atoms with Gasteiger partial charge in [0.2, 0.25) is 5.82 Å². The van der Waals surface area contributed by atoms with Gasteiger partial charge in [0, 0.05) is 24.7 Å². The maximum atomic E-state index is 13.0. The van der Waals surface area contributed by atoms with Crippen molar-refractivity contribution >= 4 is 11.6 Å². The van der Waals surface area contributed by atoms with Crippen LogP contribution >= 0.6 is 0 Å². The van der Waals surface area contributed by atoms with E-state index < -0.39 is 12.0 Å². The van der Waals surface area contributed by atoms with Crippen LogP contribution in [-0.2, 0) is 6.18 Å². The predicted molar refractivity (Wildman–Crippen MR) is 76.5 cm³/mol. The summed E-state index contributed by atoms with van der Waals surface area (Å²) in [5.74, 6) is -0.487. The van der Waals surface area contributed by atoms with Crippen molar-refractivity contribution in [1.82, 2.24) is 9.97 Å². The fourth-order valence-electron chi connectivity index (χ4n) is 2.85. The van der Waals surface area contributed by atoms with E-state index in [9.17, 15) is 13.2 Å². The van der Waals surface area contributed by atoms with Crippen LogP contribution in [0.4, 0.5) is 24.8 Å². The molecule has 21 heavy (non-hydrogen) atoms. The van der Waals surface area contributed by atoms with Crippen LogP contribution in [0.3, 0.4) is 0 Å². The number of hydrogen-bond acceptors (Lipinski definition) is 4. The second kappa shape index (κ2) is 6.07. The molecule has 118 valence electrons. The van der Waals surface area contributed by atoms with Crippen LogP contribution in [0.25, 0.3) is 0 Å². The highest BCUT2D eigenvalue weighted by Gasteiger charge is 2.37. The third kappa shape index (κ3) is 3.39. The summed E-state index contributed by atoms with van der Waals surface area (Å²) < 4.78 is 38.9. The van der Waals surface area contributed by atoms with E-state index in [1.54, 1.807) is 6.07 Å². The molecule has 0 saturated carbocycles. The molecule has 0 aromatic carbocycles. The van der Waals surface area contributed by atoms with Gasteiger partial charge in [0.25, 0.3) is 0 Å². The van der Waals surface area contributed by atoms with Gasteiger partial charge in [-0.1, -0.05) is 6.92 Å². The number of nitrogens with one attached hydrogen (secondary N) is 1. The Balaban J connectivity index is 2.44. The van der Waals surface area contributed by atoms with Crippen LogP contribution in [0.2, 0.25) is 0 Å². The highest BCUT2D eigenvalue weighted by atomic mass is 19.4. The molecule has 4 nitrogen and oxygen atoms in total. The van der Waals surface area contributed by atoms with Gasteiger partial charge in [-0.05, 0) is 33.1 Å². The van der Waals surface area contributed by atoms with E-state index in [0.29, 0.717) is 12.4 Å². The Bertz CT molecular complexity index is 490. The summed E-state index contributed by atoms with van der Waals surface area (Å²) in [4.78, 5) is 9.33. The highest BCUT2D eigenvalue weighted by Crippen LogP contribution is 2.34. The first-order valence-electron chi connectivity index (χ1n) is 7.35. The number of halogens is 3. The van der Waals surface area contributed by atoms with Gasteiger partial charge in [0.1, 0.15) is 11.6 Å². The molecule has 1 saturated heterocycles. The lowest BCUT2D eigenvalue weighted by Gasteiger charge is -2.29. The lowest BCUT2D eigenvalue weighted by Crippen LogP contribution is -2.35. The van der Waals surface area contributed by atoms with Crippen molar-refractivity contribution in [2.24, 2.45) is 0 Å². The lowest BCUT2D eigenvalue weighted by atomic mass is 10.1. The van der Waals surface area contributed by atoms with Crippen molar-refractivity contribution in [1.29, 1.82) is 0 Å². The first-order valence-corrected chi connectivity index (χ1v) is 7.35. The fourth-order valence-corrected chi connectivity index (χ4v) is 2.85. The summed E-state index contributed by atoms with van der Waals surface area (Å²) in [7, 11) is 0. The molecule has 1 aliphatic rings. The smallest absolute Gasteiger partial charge is 0.370 e. The number of nitrogens with zero attached hydrogens (tertiary/aromatic N) is 3. The minimum atomic E-state index is -4.54. The molecule has 2 unspecified atom stereocenters. The summed E-state index contributed by atoms with van der Waals surface area (Å²) >= 11 is 0. The third-order valence-electron chi connectivity index (χ3n) is 3.85. The number of anilines is 2. The van der Waals surface area contributed by atoms with Crippen molar-refractivity contribution in [3.05, 3.63) is 11.9 Å². The Morgan fingerprint density at radius 3 is 2.57 bits per heavy atom. The minimum absolute atomic E-state index is 0.195. The number of rotatable bonds is 4. The summed E-state index contributed by atoms with van der Waals surface area (Å²) in [5.41, 5.74) is 0. The average molecular weight is 302 g/mol. The van der Waals surface area contributed by atoms with Crippen LogP contribution < -0.4 is 10.2 Å². The van der Waals surface area contributed by atoms with E-state index in [0.717, 1.165) is 19.3 Å². The quantitative estimate of drug-likeness (QED) is 0.921. The molecule has 1 aromatic rings. The van der Waals surface area contributed by atoms with Gasteiger partial charge < -0.3 is 10.2 Å². The zero-order valence-electron chi connectivity index (χ0n) is 12.5. The molecule has 0 spiro atoms. The molecule has 0 amide bonds. The van der Waals surface area contributed by atoms with Gasteiger partial charge >= 0.3 is 6.18 Å². The van der Waals surface area contributed by atoms with Crippen molar-refractivity contribution < 1.29 is 13.2 Å². The third-order valence-corrected chi connectivity index (χ3v) is 3.85. The molecule has 7 heteroatoms. The van der Waals surface area contributed by atoms with Gasteiger partial charge in [0.05, 0.1) is 0 Å². The monoisotopic (exact) mass is 302 g/mol. The van der Waals surface area contributed by atoms with Crippen LogP contribution in [0, 0.1) is 0 Å². The molecule has 2 atom stereocenters. The van der Waals surface area contributed by atoms with E-state index in [1.807, 2.05) is 25.7 Å². The van der Waals surface area contributed by atoms with Crippen LogP contribution in [0.1, 0.15) is 45.9 Å². The molecular formula is C14H21F3N4. The van der Waals surface area contributed by atoms with Crippen molar-refractivity contribution in [3.8, 4) is 0 Å². The number of hydrogen-bond donors (Lipinski definition) is 1. The summed E-state index contributed by atoms with van der Waals surface area (Å²) in [6.45, 7) is 6.41. The second-order valence-corrected chi connectivity index (χ2v) is 5.36. The van der Waals surface area contributed by atoms with Gasteiger partial charge in [-0.15, -0.1) is 0 Å². The minimum Gasteiger partial charge on any atom is -0.370 e. The normalized spacial score (nSPS) is 22.7. The molecule has 1 fully saturated rings. The lowest BCUT2D eigenvalue weighted by molar-refractivity contribution is -0.144. The molecule has 1 N–H and O–H groups in total. The van der Waals surface area contributed by atoms with E-state index in [-0.39, 0.29) is 17.9 Å². The summed E-state index contributed by atoms with van der Waals surface area (Å²) in [6.07, 6.45) is -1.68. The summed E-state index contributed by atoms with van der Waals surface area (Å²) in [6, 6.07) is 2.05. The van der Waals surface area contributed by atoms with E-state index in [2.05, 4.69) is 15.3 Å². The van der Waals surface area contributed by atoms with E-state index >= 15 is 0 Å². The Kier molecular flexibility index (Phi) is 4.58. The van der Waals surface area contributed by atoms with Crippen LogP contribution in [0.5, 0.6) is 0 Å². The van der Waals surface area contributed by atoms with Crippen LogP contribution in [-0.4, -0.2) is 28.6 Å². The van der Waals surface area contributed by atoms with E-state index in [1.165, 1.54) is 0 Å². The molecule has 2 heterocycles. The molecule has 1 aromatic heterocycles. The fraction of sp³-hybridized carbons (Fsp3) is 0.714. The first kappa shape index (κ1) is 15.9. The largest absolute Gasteiger partial charge is 0.451 e. The molecular weight excluding hydrogens is 281 g/mol. The van der Waals surface area contributed by atoms with Crippen molar-refractivity contribution in [2.75, 3.05) is 16.8 Å². The molecule has 0 bridgehead atoms. The Morgan fingerprint density at radius 2 is 2.00 bits per heavy atom. The summed E-state index contributed by atoms with van der Waals surface area (Å²) in [5, 5.41) is 2.85. The predicted octanol–water partition coefficient (Wildman–Crippen LogP) is 3.69.